The van der Waals surface area contributed by atoms with Gasteiger partial charge in [0.1, 0.15) is 0 Å². The lowest BCUT2D eigenvalue weighted by atomic mass is 10.3. The average molecular weight is 330 g/mol. The SMILES string of the molecule is CCn1c(=O)n(CCC(=O)Nc2nc(C)cs2)c2ccccc21. The van der Waals surface area contributed by atoms with E-state index in [-0.39, 0.29) is 18.0 Å². The van der Waals surface area contributed by atoms with E-state index < -0.39 is 0 Å². The van der Waals surface area contributed by atoms with Gasteiger partial charge in [-0.15, -0.1) is 11.3 Å². The van der Waals surface area contributed by atoms with Gasteiger partial charge in [-0.25, -0.2) is 9.78 Å². The van der Waals surface area contributed by atoms with Crippen LogP contribution in [0.4, 0.5) is 5.13 Å². The van der Waals surface area contributed by atoms with Crippen molar-refractivity contribution in [1.82, 2.24) is 14.1 Å². The number of nitrogens with one attached hydrogen (secondary N) is 1. The molecule has 7 heteroatoms. The summed E-state index contributed by atoms with van der Waals surface area (Å²) in [5, 5.41) is 5.24. The molecule has 0 fully saturated rings. The van der Waals surface area contributed by atoms with E-state index in [2.05, 4.69) is 10.3 Å². The zero-order valence-electron chi connectivity index (χ0n) is 13.1. The standard InChI is InChI=1S/C16H18N4O2S/c1-3-19-12-6-4-5-7-13(12)20(16(19)22)9-8-14(21)18-15-17-11(2)10-23-15/h4-7,10H,3,8-9H2,1-2H3,(H,17,18,21). The summed E-state index contributed by atoms with van der Waals surface area (Å²) in [6.45, 7) is 4.78. The average Bonchev–Trinajstić information content (AvgIpc) is 3.05. The lowest BCUT2D eigenvalue weighted by molar-refractivity contribution is -0.116. The highest BCUT2D eigenvalue weighted by molar-refractivity contribution is 7.13. The maximum Gasteiger partial charge on any atom is 0.329 e. The molecule has 3 aromatic rings. The molecule has 1 N–H and O–H groups in total. The zero-order chi connectivity index (χ0) is 16.4. The Morgan fingerprint density at radius 1 is 1.26 bits per heavy atom. The Kier molecular flexibility index (Phi) is 4.29. The Morgan fingerprint density at radius 2 is 1.96 bits per heavy atom. The van der Waals surface area contributed by atoms with Crippen LogP contribution >= 0.6 is 11.3 Å². The number of hydrogen-bond donors (Lipinski definition) is 1. The first-order valence-electron chi connectivity index (χ1n) is 7.50. The number of nitrogens with zero attached hydrogens (tertiary/aromatic N) is 3. The normalized spacial score (nSPS) is 11.0. The number of imidazole rings is 1. The fraction of sp³-hybridized carbons (Fsp3) is 0.312. The van der Waals surface area contributed by atoms with Crippen molar-refractivity contribution in [1.29, 1.82) is 0 Å². The summed E-state index contributed by atoms with van der Waals surface area (Å²) >= 11 is 1.40. The maximum absolute atomic E-state index is 12.5. The second-order valence-corrected chi connectivity index (χ2v) is 6.12. The summed E-state index contributed by atoms with van der Waals surface area (Å²) in [7, 11) is 0. The first kappa shape index (κ1) is 15.5. The van der Waals surface area contributed by atoms with Gasteiger partial charge in [-0.3, -0.25) is 13.9 Å². The van der Waals surface area contributed by atoms with E-state index in [0.29, 0.717) is 18.2 Å². The van der Waals surface area contributed by atoms with Gasteiger partial charge < -0.3 is 5.32 Å². The van der Waals surface area contributed by atoms with Crippen molar-refractivity contribution in [3.8, 4) is 0 Å². The summed E-state index contributed by atoms with van der Waals surface area (Å²) in [6, 6.07) is 7.65. The molecule has 120 valence electrons. The Balaban J connectivity index is 1.78. The number of anilines is 1. The van der Waals surface area contributed by atoms with Crippen LogP contribution in [0.2, 0.25) is 0 Å². The third-order valence-corrected chi connectivity index (χ3v) is 4.54. The molecule has 0 spiro atoms. The van der Waals surface area contributed by atoms with E-state index in [1.807, 2.05) is 43.5 Å². The molecule has 0 atom stereocenters. The molecule has 2 heterocycles. The van der Waals surface area contributed by atoms with Gasteiger partial charge in [-0.1, -0.05) is 12.1 Å². The number of amides is 1. The Bertz CT molecular complexity index is 906. The molecule has 6 nitrogen and oxygen atoms in total. The zero-order valence-corrected chi connectivity index (χ0v) is 13.9. The number of para-hydroxylation sites is 2. The van der Waals surface area contributed by atoms with E-state index in [0.717, 1.165) is 16.7 Å². The van der Waals surface area contributed by atoms with E-state index in [1.165, 1.54) is 11.3 Å². The fourth-order valence-corrected chi connectivity index (χ4v) is 3.30. The van der Waals surface area contributed by atoms with Crippen LogP contribution in [-0.4, -0.2) is 20.0 Å². The van der Waals surface area contributed by atoms with Crippen molar-refractivity contribution >= 4 is 33.4 Å². The predicted octanol–water partition coefficient (Wildman–Crippen LogP) is 2.62. The summed E-state index contributed by atoms with van der Waals surface area (Å²) in [4.78, 5) is 28.7. The molecule has 0 saturated heterocycles. The molecule has 1 aromatic carbocycles. The Hall–Kier alpha value is -2.41. The van der Waals surface area contributed by atoms with Crippen molar-refractivity contribution in [2.75, 3.05) is 5.32 Å². The molecule has 23 heavy (non-hydrogen) atoms. The van der Waals surface area contributed by atoms with Crippen LogP contribution in [0.1, 0.15) is 19.0 Å². The molecule has 0 aliphatic carbocycles. The Morgan fingerprint density at radius 3 is 2.57 bits per heavy atom. The molecule has 0 unspecified atom stereocenters. The van der Waals surface area contributed by atoms with Crippen LogP contribution in [0, 0.1) is 6.92 Å². The quantitative estimate of drug-likeness (QED) is 0.782. The smallest absolute Gasteiger partial charge is 0.302 e. The first-order chi connectivity index (χ1) is 11.1. The summed E-state index contributed by atoms with van der Waals surface area (Å²) in [5.74, 6) is -0.139. The molecule has 0 radical (unpaired) electrons. The fourth-order valence-electron chi connectivity index (χ4n) is 2.60. The van der Waals surface area contributed by atoms with Crippen LogP contribution in [0.25, 0.3) is 11.0 Å². The summed E-state index contributed by atoms with van der Waals surface area (Å²) < 4.78 is 3.38. The predicted molar refractivity (Wildman–Crippen MR) is 92.0 cm³/mol. The van der Waals surface area contributed by atoms with Crippen LogP contribution < -0.4 is 11.0 Å². The molecule has 0 bridgehead atoms. The third-order valence-electron chi connectivity index (χ3n) is 3.67. The van der Waals surface area contributed by atoms with Crippen LogP contribution in [0.5, 0.6) is 0 Å². The van der Waals surface area contributed by atoms with Gasteiger partial charge in [0.05, 0.1) is 16.7 Å². The maximum atomic E-state index is 12.5. The number of benzene rings is 1. The van der Waals surface area contributed by atoms with Crippen LogP contribution in [-0.2, 0) is 17.9 Å². The van der Waals surface area contributed by atoms with Crippen molar-refractivity contribution < 1.29 is 4.79 Å². The van der Waals surface area contributed by atoms with Crippen LogP contribution in [0.15, 0.2) is 34.4 Å². The number of aryl methyl sites for hydroxylation is 3. The van der Waals surface area contributed by atoms with Gasteiger partial charge in [0.25, 0.3) is 0 Å². The second-order valence-electron chi connectivity index (χ2n) is 5.26. The van der Waals surface area contributed by atoms with E-state index in [4.69, 9.17) is 0 Å². The number of aromatic nitrogens is 3. The van der Waals surface area contributed by atoms with E-state index >= 15 is 0 Å². The summed E-state index contributed by atoms with van der Waals surface area (Å²) in [6.07, 6.45) is 0.232. The van der Waals surface area contributed by atoms with Crippen molar-refractivity contribution in [2.45, 2.75) is 33.4 Å². The molecule has 0 aliphatic rings. The molecule has 3 rings (SSSR count). The second kappa shape index (κ2) is 6.37. The number of rotatable bonds is 5. The van der Waals surface area contributed by atoms with Crippen LogP contribution in [0.3, 0.4) is 0 Å². The minimum atomic E-state index is -0.139. The highest BCUT2D eigenvalue weighted by Crippen LogP contribution is 2.15. The van der Waals surface area contributed by atoms with E-state index in [9.17, 15) is 9.59 Å². The number of fused-ring (bicyclic) bond motifs is 1. The molecular weight excluding hydrogens is 312 g/mol. The lowest BCUT2D eigenvalue weighted by Gasteiger charge is -2.03. The first-order valence-corrected chi connectivity index (χ1v) is 8.38. The molecule has 1 amide bonds. The topological polar surface area (TPSA) is 68.9 Å². The number of hydrogen-bond acceptors (Lipinski definition) is 4. The molecule has 2 aromatic heterocycles. The van der Waals surface area contributed by atoms with Gasteiger partial charge >= 0.3 is 5.69 Å². The van der Waals surface area contributed by atoms with E-state index in [1.54, 1.807) is 9.13 Å². The van der Waals surface area contributed by atoms with Gasteiger partial charge in [-0.2, -0.15) is 0 Å². The lowest BCUT2D eigenvalue weighted by Crippen LogP contribution is -2.25. The monoisotopic (exact) mass is 330 g/mol. The van der Waals surface area contributed by atoms with Gasteiger partial charge in [0.2, 0.25) is 5.91 Å². The minimum Gasteiger partial charge on any atom is -0.302 e. The van der Waals surface area contributed by atoms with Gasteiger partial charge in [0.15, 0.2) is 5.13 Å². The molecule has 0 aliphatic heterocycles. The number of carbonyl (C=O) groups excluding carboxylic acids is 1. The number of thiazole rings is 1. The van der Waals surface area contributed by atoms with Crippen molar-refractivity contribution in [2.24, 2.45) is 0 Å². The van der Waals surface area contributed by atoms with Crippen molar-refractivity contribution in [3.63, 3.8) is 0 Å². The van der Waals surface area contributed by atoms with Gasteiger partial charge in [0, 0.05) is 24.9 Å². The number of carbonyl (C=O) groups is 1. The molecule has 0 saturated carbocycles. The molecular formula is C16H18N4O2S. The van der Waals surface area contributed by atoms with Gasteiger partial charge in [-0.05, 0) is 26.0 Å². The summed E-state index contributed by atoms with van der Waals surface area (Å²) in [5.41, 5.74) is 2.56. The highest BCUT2D eigenvalue weighted by Gasteiger charge is 2.13. The highest BCUT2D eigenvalue weighted by atomic mass is 32.1. The minimum absolute atomic E-state index is 0.0772. The van der Waals surface area contributed by atoms with Crippen molar-refractivity contribution in [3.05, 3.63) is 45.8 Å². The Labute approximate surface area is 137 Å². The largest absolute Gasteiger partial charge is 0.329 e. The third kappa shape index (κ3) is 3.05.